The van der Waals surface area contributed by atoms with Crippen LogP contribution in [-0.2, 0) is 6.18 Å². The van der Waals surface area contributed by atoms with Gasteiger partial charge in [0.05, 0.1) is 11.3 Å². The molecule has 0 aliphatic carbocycles. The Balaban J connectivity index is 2.17. The first-order chi connectivity index (χ1) is 11.5. The van der Waals surface area contributed by atoms with Crippen molar-refractivity contribution < 1.29 is 18.0 Å². The Morgan fingerprint density at radius 2 is 1.58 bits per heavy atom. The fourth-order valence-corrected chi connectivity index (χ4v) is 2.40. The minimum absolute atomic E-state index is 0.166. The zero-order valence-corrected chi connectivity index (χ0v) is 12.4. The van der Waals surface area contributed by atoms with Gasteiger partial charge in [0.1, 0.15) is 0 Å². The van der Waals surface area contributed by atoms with Gasteiger partial charge in [-0.15, -0.1) is 0 Å². The summed E-state index contributed by atoms with van der Waals surface area (Å²) in [5.41, 5.74) is 0.275. The van der Waals surface area contributed by atoms with Crippen LogP contribution in [0.5, 0.6) is 0 Å². The van der Waals surface area contributed by atoms with Gasteiger partial charge in [0.15, 0.2) is 5.78 Å². The Morgan fingerprint density at radius 1 is 0.875 bits per heavy atom. The molecule has 3 aromatic rings. The molecule has 0 aliphatic heterocycles. The molecule has 2 aromatic carbocycles. The van der Waals surface area contributed by atoms with Crippen LogP contribution < -0.4 is 0 Å². The average molecular weight is 327 g/mol. The van der Waals surface area contributed by atoms with Crippen LogP contribution in [0.1, 0.15) is 21.5 Å². The highest BCUT2D eigenvalue weighted by Crippen LogP contribution is 2.34. The maximum Gasteiger partial charge on any atom is 0.416 e. The molecule has 1 heterocycles. The molecule has 0 amide bonds. The molecule has 0 spiro atoms. The summed E-state index contributed by atoms with van der Waals surface area (Å²) in [5.74, 6) is -0.343. The van der Waals surface area contributed by atoms with E-state index in [1.54, 1.807) is 48.5 Å². The Hall–Kier alpha value is -2.95. The molecule has 2 nitrogen and oxygen atoms in total. The summed E-state index contributed by atoms with van der Waals surface area (Å²) >= 11 is 0. The van der Waals surface area contributed by atoms with Gasteiger partial charge in [-0.05, 0) is 30.3 Å². The topological polar surface area (TPSA) is 30.0 Å². The second kappa shape index (κ2) is 6.28. The molecule has 120 valence electrons. The molecule has 0 saturated heterocycles. The number of benzene rings is 2. The highest BCUT2D eigenvalue weighted by atomic mass is 19.4. The SMILES string of the molecule is O=C(c1ccccc1)c1ccc(C(F)(F)F)cc1-c1ccccn1. The third-order valence-corrected chi connectivity index (χ3v) is 3.57. The van der Waals surface area contributed by atoms with E-state index in [9.17, 15) is 18.0 Å². The summed E-state index contributed by atoms with van der Waals surface area (Å²) in [6, 6.07) is 16.4. The van der Waals surface area contributed by atoms with Gasteiger partial charge < -0.3 is 0 Å². The predicted molar refractivity (Wildman–Crippen MR) is 84.5 cm³/mol. The Kier molecular flexibility index (Phi) is 4.16. The molecule has 5 heteroatoms. The van der Waals surface area contributed by atoms with Crippen molar-refractivity contribution in [3.8, 4) is 11.3 Å². The number of halogens is 3. The molecule has 24 heavy (non-hydrogen) atoms. The summed E-state index contributed by atoms with van der Waals surface area (Å²) in [6.45, 7) is 0. The van der Waals surface area contributed by atoms with Gasteiger partial charge in [-0.2, -0.15) is 13.2 Å². The van der Waals surface area contributed by atoms with Crippen LogP contribution in [-0.4, -0.2) is 10.8 Å². The first-order valence-corrected chi connectivity index (χ1v) is 7.19. The number of alkyl halides is 3. The molecule has 0 saturated carbocycles. The number of hydrogen-bond acceptors (Lipinski definition) is 2. The van der Waals surface area contributed by atoms with Crippen molar-refractivity contribution in [3.05, 3.63) is 89.6 Å². The summed E-state index contributed by atoms with van der Waals surface area (Å²) in [5, 5.41) is 0. The summed E-state index contributed by atoms with van der Waals surface area (Å²) in [6.07, 6.45) is -3.01. The number of ketones is 1. The molecule has 0 radical (unpaired) electrons. The van der Waals surface area contributed by atoms with Gasteiger partial charge in [0.2, 0.25) is 0 Å². The van der Waals surface area contributed by atoms with Crippen molar-refractivity contribution in [2.45, 2.75) is 6.18 Å². The van der Waals surface area contributed by atoms with Gasteiger partial charge in [-0.25, -0.2) is 0 Å². The second-order valence-electron chi connectivity index (χ2n) is 5.17. The summed E-state index contributed by atoms with van der Waals surface area (Å²) in [7, 11) is 0. The highest BCUT2D eigenvalue weighted by molar-refractivity contribution is 6.12. The smallest absolute Gasteiger partial charge is 0.289 e. The number of carbonyl (C=O) groups is 1. The first-order valence-electron chi connectivity index (χ1n) is 7.19. The Labute approximate surface area is 136 Å². The van der Waals surface area contributed by atoms with E-state index >= 15 is 0 Å². The Morgan fingerprint density at radius 3 is 2.21 bits per heavy atom. The number of nitrogens with zero attached hydrogens (tertiary/aromatic N) is 1. The van der Waals surface area contributed by atoms with Crippen molar-refractivity contribution >= 4 is 5.78 Å². The van der Waals surface area contributed by atoms with Gasteiger partial charge >= 0.3 is 6.18 Å². The minimum atomic E-state index is -4.49. The maximum atomic E-state index is 13.0. The number of rotatable bonds is 3. The molecule has 0 fully saturated rings. The van der Waals surface area contributed by atoms with E-state index in [-0.39, 0.29) is 16.9 Å². The lowest BCUT2D eigenvalue weighted by Gasteiger charge is -2.13. The van der Waals surface area contributed by atoms with Crippen LogP contribution in [0.2, 0.25) is 0 Å². The lowest BCUT2D eigenvalue weighted by molar-refractivity contribution is -0.137. The van der Waals surface area contributed by atoms with Gasteiger partial charge in [-0.1, -0.05) is 36.4 Å². The van der Waals surface area contributed by atoms with Gasteiger partial charge in [0.25, 0.3) is 0 Å². The number of hydrogen-bond donors (Lipinski definition) is 0. The molecule has 0 unspecified atom stereocenters. The third kappa shape index (κ3) is 3.20. The van der Waals surface area contributed by atoms with Crippen molar-refractivity contribution in [3.63, 3.8) is 0 Å². The normalized spacial score (nSPS) is 11.3. The fraction of sp³-hybridized carbons (Fsp3) is 0.0526. The zero-order chi connectivity index (χ0) is 17.2. The molecular formula is C19H12F3NO. The molecule has 0 N–H and O–H groups in total. The predicted octanol–water partition coefficient (Wildman–Crippen LogP) is 5.00. The second-order valence-corrected chi connectivity index (χ2v) is 5.17. The van der Waals surface area contributed by atoms with E-state index in [0.717, 1.165) is 12.1 Å². The molecule has 0 bridgehead atoms. The monoisotopic (exact) mass is 327 g/mol. The standard InChI is InChI=1S/C19H12F3NO/c20-19(21,22)14-9-10-15(18(24)13-6-2-1-3-7-13)16(12-14)17-8-4-5-11-23-17/h1-12H. The number of carbonyl (C=O) groups excluding carboxylic acids is 1. The molecule has 3 rings (SSSR count). The van der Waals surface area contributed by atoms with E-state index in [4.69, 9.17) is 0 Å². The van der Waals surface area contributed by atoms with E-state index in [1.165, 1.54) is 12.3 Å². The maximum absolute atomic E-state index is 13.0. The van der Waals surface area contributed by atoms with Crippen molar-refractivity contribution in [1.29, 1.82) is 0 Å². The van der Waals surface area contributed by atoms with Gasteiger partial charge in [0, 0.05) is 22.9 Å². The van der Waals surface area contributed by atoms with Crippen molar-refractivity contribution in [2.75, 3.05) is 0 Å². The summed E-state index contributed by atoms with van der Waals surface area (Å²) in [4.78, 5) is 16.8. The van der Waals surface area contributed by atoms with E-state index in [1.807, 2.05) is 0 Å². The van der Waals surface area contributed by atoms with Crippen molar-refractivity contribution in [2.24, 2.45) is 0 Å². The van der Waals surface area contributed by atoms with Crippen LogP contribution in [0, 0.1) is 0 Å². The zero-order valence-electron chi connectivity index (χ0n) is 12.4. The summed E-state index contributed by atoms with van der Waals surface area (Å²) < 4.78 is 39.1. The molecule has 0 atom stereocenters. The van der Waals surface area contributed by atoms with Crippen molar-refractivity contribution in [1.82, 2.24) is 4.98 Å². The van der Waals surface area contributed by atoms with Crippen LogP contribution >= 0.6 is 0 Å². The van der Waals surface area contributed by atoms with Crippen LogP contribution in [0.25, 0.3) is 11.3 Å². The largest absolute Gasteiger partial charge is 0.416 e. The quantitative estimate of drug-likeness (QED) is 0.634. The third-order valence-electron chi connectivity index (χ3n) is 3.57. The van der Waals surface area contributed by atoms with Crippen LogP contribution in [0.4, 0.5) is 13.2 Å². The fourth-order valence-electron chi connectivity index (χ4n) is 2.40. The lowest BCUT2D eigenvalue weighted by Crippen LogP contribution is -2.09. The van der Waals surface area contributed by atoms with Crippen LogP contribution in [0.3, 0.4) is 0 Å². The highest BCUT2D eigenvalue weighted by Gasteiger charge is 2.32. The molecule has 0 aliphatic rings. The molecular weight excluding hydrogens is 315 g/mol. The number of aromatic nitrogens is 1. The lowest BCUT2D eigenvalue weighted by atomic mass is 9.94. The molecule has 1 aromatic heterocycles. The minimum Gasteiger partial charge on any atom is -0.289 e. The Bertz CT molecular complexity index is 859. The van der Waals surface area contributed by atoms with E-state index in [2.05, 4.69) is 4.98 Å². The van der Waals surface area contributed by atoms with Gasteiger partial charge in [-0.3, -0.25) is 9.78 Å². The van der Waals surface area contributed by atoms with E-state index in [0.29, 0.717) is 11.3 Å². The average Bonchev–Trinajstić information content (AvgIpc) is 2.61. The van der Waals surface area contributed by atoms with E-state index < -0.39 is 11.7 Å². The number of pyridine rings is 1. The van der Waals surface area contributed by atoms with Crippen LogP contribution in [0.15, 0.2) is 72.9 Å². The first kappa shape index (κ1) is 15.9.